The van der Waals surface area contributed by atoms with Gasteiger partial charge in [-0.15, -0.1) is 0 Å². The topological polar surface area (TPSA) is 64.6 Å². The van der Waals surface area contributed by atoms with E-state index in [1.807, 2.05) is 0 Å². The number of nitrogens with one attached hydrogen (secondary N) is 1. The molecular formula is C11H21NO4. The van der Waals surface area contributed by atoms with Crippen molar-refractivity contribution in [1.29, 1.82) is 0 Å². The number of aldehydes is 1. The van der Waals surface area contributed by atoms with Gasteiger partial charge in [0.25, 0.3) is 0 Å². The van der Waals surface area contributed by atoms with E-state index in [9.17, 15) is 9.59 Å². The van der Waals surface area contributed by atoms with Gasteiger partial charge in [-0.3, -0.25) is 10.1 Å². The summed E-state index contributed by atoms with van der Waals surface area (Å²) in [5.41, 5.74) is -0.523. The minimum atomic E-state index is -0.523. The third-order valence-corrected chi connectivity index (χ3v) is 1.74. The van der Waals surface area contributed by atoms with E-state index in [0.29, 0.717) is 12.8 Å². The van der Waals surface area contributed by atoms with Crippen molar-refractivity contribution < 1.29 is 19.1 Å². The second kappa shape index (κ2) is 7.35. The molecule has 0 aliphatic heterocycles. The Morgan fingerprint density at radius 3 is 2.50 bits per heavy atom. The number of carbonyl (C=O) groups excluding carboxylic acids is 2. The summed E-state index contributed by atoms with van der Waals surface area (Å²) in [4.78, 5) is 22.0. The summed E-state index contributed by atoms with van der Waals surface area (Å²) in [7, 11) is 1.53. The first kappa shape index (κ1) is 15.1. The molecule has 94 valence electrons. The third kappa shape index (κ3) is 7.36. The first-order chi connectivity index (χ1) is 7.40. The summed E-state index contributed by atoms with van der Waals surface area (Å²) < 4.78 is 10.0. The molecule has 0 aromatic rings. The highest BCUT2D eigenvalue weighted by Crippen LogP contribution is 2.10. The van der Waals surface area contributed by atoms with Crippen molar-refractivity contribution in [2.24, 2.45) is 0 Å². The van der Waals surface area contributed by atoms with E-state index in [1.165, 1.54) is 7.11 Å². The van der Waals surface area contributed by atoms with Gasteiger partial charge in [0.15, 0.2) is 0 Å². The molecule has 1 atom stereocenters. The number of rotatable bonds is 7. The maximum Gasteiger partial charge on any atom is 0.323 e. The van der Waals surface area contributed by atoms with Gasteiger partial charge >= 0.3 is 5.97 Å². The van der Waals surface area contributed by atoms with Crippen LogP contribution < -0.4 is 5.32 Å². The predicted octanol–water partition coefficient (Wildman–Crippen LogP) is 0.869. The van der Waals surface area contributed by atoms with E-state index < -0.39 is 11.6 Å². The molecule has 0 heterocycles. The van der Waals surface area contributed by atoms with Crippen LogP contribution in [0.4, 0.5) is 0 Å². The number of hydrogen-bond donors (Lipinski definition) is 1. The van der Waals surface area contributed by atoms with Gasteiger partial charge in [-0.25, -0.2) is 0 Å². The third-order valence-electron chi connectivity index (χ3n) is 1.74. The molecule has 0 aliphatic rings. The summed E-state index contributed by atoms with van der Waals surface area (Å²) in [6.07, 6.45) is 1.52. The van der Waals surface area contributed by atoms with Crippen LogP contribution in [-0.2, 0) is 19.1 Å². The Bertz CT molecular complexity index is 223. The summed E-state index contributed by atoms with van der Waals surface area (Å²) in [6, 6.07) is -0.496. The quantitative estimate of drug-likeness (QED) is 0.400. The number of carbonyl (C=O) groups is 2. The highest BCUT2D eigenvalue weighted by atomic mass is 16.6. The minimum Gasteiger partial charge on any atom is -0.459 e. The fourth-order valence-corrected chi connectivity index (χ4v) is 1.09. The molecule has 1 unspecified atom stereocenters. The second-order valence-corrected chi connectivity index (χ2v) is 4.47. The number of hydrogen-bond acceptors (Lipinski definition) is 5. The van der Waals surface area contributed by atoms with E-state index in [4.69, 9.17) is 9.47 Å². The van der Waals surface area contributed by atoms with E-state index in [0.717, 1.165) is 6.29 Å². The van der Waals surface area contributed by atoms with Crippen LogP contribution in [0.5, 0.6) is 0 Å². The zero-order chi connectivity index (χ0) is 12.6. The molecule has 5 heteroatoms. The van der Waals surface area contributed by atoms with Crippen LogP contribution in [0.1, 0.15) is 33.6 Å². The van der Waals surface area contributed by atoms with Crippen molar-refractivity contribution in [3.63, 3.8) is 0 Å². The van der Waals surface area contributed by atoms with Crippen LogP contribution in [0.3, 0.4) is 0 Å². The fourth-order valence-electron chi connectivity index (χ4n) is 1.09. The maximum atomic E-state index is 11.7. The molecule has 0 saturated heterocycles. The normalized spacial score (nSPS) is 13.2. The molecule has 0 rings (SSSR count). The van der Waals surface area contributed by atoms with Crippen molar-refractivity contribution in [2.75, 3.05) is 13.8 Å². The monoisotopic (exact) mass is 231 g/mol. The van der Waals surface area contributed by atoms with Crippen LogP contribution >= 0.6 is 0 Å². The van der Waals surface area contributed by atoms with E-state index in [-0.39, 0.29) is 12.7 Å². The van der Waals surface area contributed by atoms with E-state index >= 15 is 0 Å². The molecular weight excluding hydrogens is 210 g/mol. The zero-order valence-electron chi connectivity index (χ0n) is 10.4. The van der Waals surface area contributed by atoms with Crippen molar-refractivity contribution in [3.8, 4) is 0 Å². The van der Waals surface area contributed by atoms with Gasteiger partial charge in [0.1, 0.15) is 17.9 Å². The van der Waals surface area contributed by atoms with Gasteiger partial charge in [0.05, 0.1) is 6.73 Å². The molecule has 0 aromatic heterocycles. The summed E-state index contributed by atoms with van der Waals surface area (Å²) in [5.74, 6) is -0.355. The SMILES string of the molecule is COCNC(CCC=O)C(=O)OC(C)(C)C. The molecule has 0 aliphatic carbocycles. The van der Waals surface area contributed by atoms with Gasteiger partial charge in [-0.2, -0.15) is 0 Å². The molecule has 0 amide bonds. The first-order valence-corrected chi connectivity index (χ1v) is 5.29. The fraction of sp³-hybridized carbons (Fsp3) is 0.818. The lowest BCUT2D eigenvalue weighted by molar-refractivity contribution is -0.158. The van der Waals surface area contributed by atoms with Crippen molar-refractivity contribution in [1.82, 2.24) is 5.32 Å². The van der Waals surface area contributed by atoms with Crippen LogP contribution in [-0.4, -0.2) is 37.7 Å². The van der Waals surface area contributed by atoms with Crippen LogP contribution in [0.15, 0.2) is 0 Å². The van der Waals surface area contributed by atoms with Crippen LogP contribution in [0.2, 0.25) is 0 Å². The van der Waals surface area contributed by atoms with Crippen molar-refractivity contribution in [3.05, 3.63) is 0 Å². The smallest absolute Gasteiger partial charge is 0.323 e. The molecule has 0 spiro atoms. The Labute approximate surface area is 96.5 Å². The Hall–Kier alpha value is -0.940. The number of ether oxygens (including phenoxy) is 2. The molecule has 0 radical (unpaired) electrons. The summed E-state index contributed by atoms with van der Waals surface area (Å²) in [5, 5.41) is 2.87. The molecule has 0 fully saturated rings. The molecule has 1 N–H and O–H groups in total. The predicted molar refractivity (Wildman–Crippen MR) is 59.9 cm³/mol. The lowest BCUT2D eigenvalue weighted by atomic mass is 10.1. The Kier molecular flexibility index (Phi) is 6.92. The first-order valence-electron chi connectivity index (χ1n) is 5.29. The zero-order valence-corrected chi connectivity index (χ0v) is 10.4. The molecule has 0 bridgehead atoms. The maximum absolute atomic E-state index is 11.7. The van der Waals surface area contributed by atoms with Crippen LogP contribution in [0.25, 0.3) is 0 Å². The van der Waals surface area contributed by atoms with Crippen molar-refractivity contribution >= 4 is 12.3 Å². The lowest BCUT2D eigenvalue weighted by Gasteiger charge is -2.24. The van der Waals surface area contributed by atoms with Gasteiger partial charge in [-0.05, 0) is 27.2 Å². The van der Waals surface area contributed by atoms with E-state index in [1.54, 1.807) is 20.8 Å². The van der Waals surface area contributed by atoms with E-state index in [2.05, 4.69) is 5.32 Å². The lowest BCUT2D eigenvalue weighted by Crippen LogP contribution is -2.42. The average Bonchev–Trinajstić information content (AvgIpc) is 2.15. The van der Waals surface area contributed by atoms with Crippen LogP contribution in [0, 0.1) is 0 Å². The number of methoxy groups -OCH3 is 1. The molecule has 16 heavy (non-hydrogen) atoms. The van der Waals surface area contributed by atoms with Gasteiger partial charge in [-0.1, -0.05) is 0 Å². The molecule has 0 aromatic carbocycles. The highest BCUT2D eigenvalue weighted by Gasteiger charge is 2.24. The second-order valence-electron chi connectivity index (χ2n) is 4.47. The minimum absolute atomic E-state index is 0.253. The molecule has 0 saturated carbocycles. The van der Waals surface area contributed by atoms with Crippen molar-refractivity contribution in [2.45, 2.75) is 45.3 Å². The Morgan fingerprint density at radius 1 is 1.44 bits per heavy atom. The summed E-state index contributed by atoms with van der Waals surface area (Å²) >= 11 is 0. The summed E-state index contributed by atoms with van der Waals surface area (Å²) in [6.45, 7) is 5.66. The number of esters is 1. The van der Waals surface area contributed by atoms with Gasteiger partial charge in [0.2, 0.25) is 0 Å². The Balaban J connectivity index is 4.24. The average molecular weight is 231 g/mol. The van der Waals surface area contributed by atoms with Gasteiger partial charge < -0.3 is 14.3 Å². The van der Waals surface area contributed by atoms with Gasteiger partial charge in [0, 0.05) is 13.5 Å². The standard InChI is InChI=1S/C11H21NO4/c1-11(2,3)16-10(14)9(6-5-7-13)12-8-15-4/h7,9,12H,5-6,8H2,1-4H3. The Morgan fingerprint density at radius 2 is 2.06 bits per heavy atom. The molecule has 5 nitrogen and oxygen atoms in total. The largest absolute Gasteiger partial charge is 0.459 e. The highest BCUT2D eigenvalue weighted by molar-refractivity contribution is 5.76.